The van der Waals surface area contributed by atoms with Crippen LogP contribution >= 0.6 is 0 Å². The third kappa shape index (κ3) is 4.21. The molecule has 4 nitrogen and oxygen atoms in total. The number of nitrogens with one attached hydrogen (secondary N) is 1. The fraction of sp³-hybridized carbons (Fsp3) is 0.588. The lowest BCUT2D eigenvalue weighted by Gasteiger charge is -2.33. The molecule has 0 fully saturated rings. The summed E-state index contributed by atoms with van der Waals surface area (Å²) in [5.41, 5.74) is -0.109. The van der Waals surface area contributed by atoms with Gasteiger partial charge < -0.3 is 9.47 Å². The summed E-state index contributed by atoms with van der Waals surface area (Å²) in [5.74, 6) is 0.434. The van der Waals surface area contributed by atoms with E-state index >= 15 is 0 Å². The second-order valence-corrected chi connectivity index (χ2v) is 5.23. The minimum atomic E-state index is -0.919. The van der Waals surface area contributed by atoms with Gasteiger partial charge in [0.15, 0.2) is 0 Å². The first-order chi connectivity index (χ1) is 9.99. The monoisotopic (exact) mass is 293 g/mol. The van der Waals surface area contributed by atoms with Crippen molar-refractivity contribution >= 4 is 5.97 Å². The zero-order valence-corrected chi connectivity index (χ0v) is 13.7. The molecular formula is C17H27NO3. The summed E-state index contributed by atoms with van der Waals surface area (Å²) in [4.78, 5) is 12.5. The predicted octanol–water partition coefficient (Wildman–Crippen LogP) is 3.25. The van der Waals surface area contributed by atoms with Crippen molar-refractivity contribution < 1.29 is 14.3 Å². The first-order valence-electron chi connectivity index (χ1n) is 7.66. The minimum Gasteiger partial charge on any atom is -0.494 e. The third-order valence-corrected chi connectivity index (χ3v) is 3.56. The topological polar surface area (TPSA) is 47.6 Å². The molecule has 1 N–H and O–H groups in total. The molecule has 0 aliphatic heterocycles. The summed E-state index contributed by atoms with van der Waals surface area (Å²) in [7, 11) is 0. The Kier molecular flexibility index (Phi) is 6.69. The second kappa shape index (κ2) is 8.03. The highest BCUT2D eigenvalue weighted by Crippen LogP contribution is 2.32. The first-order valence-corrected chi connectivity index (χ1v) is 7.66. The Morgan fingerprint density at radius 1 is 1.24 bits per heavy atom. The minimum absolute atomic E-state index is 0.189. The zero-order valence-electron chi connectivity index (χ0n) is 13.7. The maximum absolute atomic E-state index is 12.5. The molecule has 1 aromatic rings. The second-order valence-electron chi connectivity index (χ2n) is 5.23. The maximum Gasteiger partial charge on any atom is 0.330 e. The third-order valence-electron chi connectivity index (χ3n) is 3.56. The molecule has 0 bridgehead atoms. The van der Waals surface area contributed by atoms with Crippen LogP contribution in [0.4, 0.5) is 0 Å². The van der Waals surface area contributed by atoms with E-state index in [1.165, 1.54) is 0 Å². The van der Waals surface area contributed by atoms with Crippen LogP contribution in [0.1, 0.15) is 46.6 Å². The van der Waals surface area contributed by atoms with Crippen LogP contribution in [0.2, 0.25) is 0 Å². The average Bonchev–Trinajstić information content (AvgIpc) is 2.48. The largest absolute Gasteiger partial charge is 0.494 e. The molecular weight excluding hydrogens is 266 g/mol. The van der Waals surface area contributed by atoms with Gasteiger partial charge in [0.25, 0.3) is 0 Å². The number of esters is 1. The van der Waals surface area contributed by atoms with E-state index in [2.05, 4.69) is 19.2 Å². The zero-order chi connectivity index (χ0) is 15.9. The van der Waals surface area contributed by atoms with Crippen LogP contribution in [0.25, 0.3) is 0 Å². The Labute approximate surface area is 127 Å². The predicted molar refractivity (Wildman–Crippen MR) is 84.5 cm³/mol. The lowest BCUT2D eigenvalue weighted by Crippen LogP contribution is -2.51. The summed E-state index contributed by atoms with van der Waals surface area (Å²) in [6.07, 6.45) is 0.922. The molecule has 0 saturated carbocycles. The Hall–Kier alpha value is -1.55. The van der Waals surface area contributed by atoms with Gasteiger partial charge in [0.05, 0.1) is 13.2 Å². The van der Waals surface area contributed by atoms with Gasteiger partial charge in [-0.2, -0.15) is 0 Å². The first kappa shape index (κ1) is 17.5. The van der Waals surface area contributed by atoms with Crippen LogP contribution in [-0.4, -0.2) is 25.2 Å². The van der Waals surface area contributed by atoms with Crippen LogP contribution in [0, 0.1) is 0 Å². The maximum atomic E-state index is 12.5. The number of carbonyl (C=O) groups is 1. The molecule has 0 saturated heterocycles. The van der Waals surface area contributed by atoms with Crippen LogP contribution in [0.5, 0.6) is 5.75 Å². The van der Waals surface area contributed by atoms with E-state index in [1.54, 1.807) is 0 Å². The number of hydrogen-bond acceptors (Lipinski definition) is 4. The SMILES string of the molecule is CCOC(=O)C(C)(NC(C)CC)c1ccccc1OCC. The van der Waals surface area contributed by atoms with Gasteiger partial charge in [-0.25, -0.2) is 4.79 Å². The highest BCUT2D eigenvalue weighted by molar-refractivity contribution is 5.83. The van der Waals surface area contributed by atoms with E-state index in [1.807, 2.05) is 45.0 Å². The highest BCUT2D eigenvalue weighted by atomic mass is 16.5. The number of ether oxygens (including phenoxy) is 2. The quantitative estimate of drug-likeness (QED) is 0.747. The molecule has 1 aromatic carbocycles. The molecule has 0 aliphatic carbocycles. The van der Waals surface area contributed by atoms with Crippen molar-refractivity contribution in [3.63, 3.8) is 0 Å². The number of rotatable bonds is 8. The van der Waals surface area contributed by atoms with Crippen molar-refractivity contribution in [1.82, 2.24) is 5.32 Å². The highest BCUT2D eigenvalue weighted by Gasteiger charge is 2.39. The molecule has 0 heterocycles. The molecule has 0 aliphatic rings. The Bertz CT molecular complexity index is 461. The lowest BCUT2D eigenvalue weighted by atomic mass is 9.90. The van der Waals surface area contributed by atoms with E-state index < -0.39 is 5.54 Å². The van der Waals surface area contributed by atoms with Gasteiger partial charge in [-0.15, -0.1) is 0 Å². The van der Waals surface area contributed by atoms with Gasteiger partial charge in [-0.05, 0) is 40.2 Å². The summed E-state index contributed by atoms with van der Waals surface area (Å²) >= 11 is 0. The van der Waals surface area contributed by atoms with Crippen molar-refractivity contribution in [2.24, 2.45) is 0 Å². The van der Waals surface area contributed by atoms with Crippen LogP contribution in [-0.2, 0) is 15.1 Å². The molecule has 0 amide bonds. The van der Waals surface area contributed by atoms with Gasteiger partial charge in [-0.3, -0.25) is 5.32 Å². The standard InChI is InChI=1S/C17H27NO3/c1-6-13(4)18-17(5,16(19)21-8-3)14-11-9-10-12-15(14)20-7-2/h9-13,18H,6-8H2,1-5H3. The summed E-state index contributed by atoms with van der Waals surface area (Å²) < 4.78 is 11.0. The van der Waals surface area contributed by atoms with Crippen molar-refractivity contribution in [2.45, 2.75) is 52.6 Å². The van der Waals surface area contributed by atoms with Gasteiger partial charge in [0.2, 0.25) is 0 Å². The van der Waals surface area contributed by atoms with E-state index in [0.29, 0.717) is 19.0 Å². The van der Waals surface area contributed by atoms with Gasteiger partial charge in [0.1, 0.15) is 11.3 Å². The smallest absolute Gasteiger partial charge is 0.330 e. The molecule has 0 aromatic heterocycles. The number of benzene rings is 1. The molecule has 0 spiro atoms. The molecule has 2 atom stereocenters. The Morgan fingerprint density at radius 3 is 2.48 bits per heavy atom. The Morgan fingerprint density at radius 2 is 1.90 bits per heavy atom. The van der Waals surface area contributed by atoms with Gasteiger partial charge >= 0.3 is 5.97 Å². The van der Waals surface area contributed by atoms with Crippen molar-refractivity contribution in [1.29, 1.82) is 0 Å². The normalized spacial score (nSPS) is 15.1. The van der Waals surface area contributed by atoms with Crippen LogP contribution < -0.4 is 10.1 Å². The van der Waals surface area contributed by atoms with Crippen molar-refractivity contribution in [2.75, 3.05) is 13.2 Å². The van der Waals surface area contributed by atoms with E-state index in [0.717, 1.165) is 12.0 Å². The van der Waals surface area contributed by atoms with E-state index in [9.17, 15) is 4.79 Å². The summed E-state index contributed by atoms with van der Waals surface area (Å²) in [6.45, 7) is 10.6. The van der Waals surface area contributed by atoms with Gasteiger partial charge in [0, 0.05) is 11.6 Å². The number of para-hydroxylation sites is 1. The van der Waals surface area contributed by atoms with Crippen LogP contribution in [0.3, 0.4) is 0 Å². The fourth-order valence-corrected chi connectivity index (χ4v) is 2.28. The molecule has 1 rings (SSSR count). The van der Waals surface area contributed by atoms with Crippen LogP contribution in [0.15, 0.2) is 24.3 Å². The molecule has 118 valence electrons. The molecule has 4 heteroatoms. The number of carbonyl (C=O) groups excluding carboxylic acids is 1. The lowest BCUT2D eigenvalue weighted by molar-refractivity contribution is -0.151. The average molecular weight is 293 g/mol. The summed E-state index contributed by atoms with van der Waals surface area (Å²) in [6, 6.07) is 7.80. The molecule has 0 radical (unpaired) electrons. The van der Waals surface area contributed by atoms with Crippen molar-refractivity contribution in [3.8, 4) is 5.75 Å². The van der Waals surface area contributed by atoms with E-state index in [4.69, 9.17) is 9.47 Å². The van der Waals surface area contributed by atoms with Crippen molar-refractivity contribution in [3.05, 3.63) is 29.8 Å². The number of hydrogen-bond donors (Lipinski definition) is 1. The van der Waals surface area contributed by atoms with Gasteiger partial charge in [-0.1, -0.05) is 25.1 Å². The van der Waals surface area contributed by atoms with E-state index in [-0.39, 0.29) is 12.0 Å². The molecule has 21 heavy (non-hydrogen) atoms. The fourth-order valence-electron chi connectivity index (χ4n) is 2.28. The molecule has 2 unspecified atom stereocenters. The summed E-state index contributed by atoms with van der Waals surface area (Å²) in [5, 5.41) is 3.39. The Balaban J connectivity index is 3.26.